The zero-order chi connectivity index (χ0) is 17.6. The number of aryl methyl sites for hydroxylation is 1. The number of aromatic hydroxyl groups is 1. The van der Waals surface area contributed by atoms with Crippen molar-refractivity contribution in [2.45, 2.75) is 13.3 Å². The van der Waals surface area contributed by atoms with E-state index in [-0.39, 0.29) is 18.3 Å². The number of anilines is 1. The first-order chi connectivity index (χ1) is 12.2. The average Bonchev–Trinajstić information content (AvgIpc) is 2.67. The molecule has 5 heteroatoms. The lowest BCUT2D eigenvalue weighted by atomic mass is 10.2. The van der Waals surface area contributed by atoms with Crippen LogP contribution in [0, 0.1) is 0 Å². The third-order valence-corrected chi connectivity index (χ3v) is 4.55. The first kappa shape index (κ1) is 17.1. The minimum atomic E-state index is -0.00324. The lowest BCUT2D eigenvalue weighted by molar-refractivity contribution is -0.133. The number of piperazine rings is 1. The zero-order valence-electron chi connectivity index (χ0n) is 14.5. The number of amides is 1. The van der Waals surface area contributed by atoms with Gasteiger partial charge in [-0.2, -0.15) is 0 Å². The molecule has 1 saturated heterocycles. The molecule has 0 unspecified atom stereocenters. The molecule has 1 heterocycles. The van der Waals surface area contributed by atoms with Crippen LogP contribution in [-0.2, 0) is 11.2 Å². The largest absolute Gasteiger partial charge is 0.506 e. The van der Waals surface area contributed by atoms with Gasteiger partial charge in [-0.3, -0.25) is 4.79 Å². The standard InChI is InChI=1S/C20H24N2O3/c1-2-16-7-9-17(10-8-16)25-15-20(24)22-13-11-21(12-14-22)18-5-3-4-6-19(18)23/h3-10,23H,2,11-15H2,1H3. The van der Waals surface area contributed by atoms with Gasteiger partial charge in [-0.05, 0) is 36.2 Å². The fraction of sp³-hybridized carbons (Fsp3) is 0.350. The number of carbonyl (C=O) groups excluding carboxylic acids is 1. The predicted molar refractivity (Wildman–Crippen MR) is 98.2 cm³/mol. The molecule has 1 amide bonds. The summed E-state index contributed by atoms with van der Waals surface area (Å²) in [6.45, 7) is 4.83. The van der Waals surface area contributed by atoms with E-state index in [1.54, 1.807) is 6.07 Å². The second-order valence-corrected chi connectivity index (χ2v) is 6.14. The Hall–Kier alpha value is -2.69. The predicted octanol–water partition coefficient (Wildman–Crippen LogP) is 2.68. The number of para-hydroxylation sites is 2. The van der Waals surface area contributed by atoms with Crippen molar-refractivity contribution < 1.29 is 14.6 Å². The molecule has 2 aromatic rings. The molecule has 0 atom stereocenters. The van der Waals surface area contributed by atoms with Crippen LogP contribution in [0.25, 0.3) is 0 Å². The number of phenols is 1. The highest BCUT2D eigenvalue weighted by molar-refractivity contribution is 5.78. The van der Waals surface area contributed by atoms with Crippen LogP contribution in [-0.4, -0.2) is 48.7 Å². The molecule has 5 nitrogen and oxygen atoms in total. The average molecular weight is 340 g/mol. The number of hydrogen-bond donors (Lipinski definition) is 1. The van der Waals surface area contributed by atoms with Crippen molar-refractivity contribution in [1.29, 1.82) is 0 Å². The summed E-state index contributed by atoms with van der Waals surface area (Å²) in [7, 11) is 0. The van der Waals surface area contributed by atoms with Gasteiger partial charge in [0.25, 0.3) is 5.91 Å². The Bertz CT molecular complexity index is 707. The van der Waals surface area contributed by atoms with Crippen LogP contribution in [0.4, 0.5) is 5.69 Å². The summed E-state index contributed by atoms with van der Waals surface area (Å²) >= 11 is 0. The smallest absolute Gasteiger partial charge is 0.260 e. The van der Waals surface area contributed by atoms with Gasteiger partial charge in [0.1, 0.15) is 11.5 Å². The van der Waals surface area contributed by atoms with Crippen LogP contribution in [0.3, 0.4) is 0 Å². The number of phenolic OH excluding ortho intramolecular Hbond substituents is 1. The molecule has 0 spiro atoms. The van der Waals surface area contributed by atoms with E-state index in [1.807, 2.05) is 47.4 Å². The molecule has 1 N–H and O–H groups in total. The first-order valence-corrected chi connectivity index (χ1v) is 8.70. The van der Waals surface area contributed by atoms with Crippen molar-refractivity contribution in [1.82, 2.24) is 4.90 Å². The Morgan fingerprint density at radius 2 is 1.72 bits per heavy atom. The lowest BCUT2D eigenvalue weighted by Gasteiger charge is -2.36. The number of rotatable bonds is 5. The van der Waals surface area contributed by atoms with Gasteiger partial charge in [-0.25, -0.2) is 0 Å². The molecule has 25 heavy (non-hydrogen) atoms. The quantitative estimate of drug-likeness (QED) is 0.909. The molecule has 1 aliphatic heterocycles. The zero-order valence-corrected chi connectivity index (χ0v) is 14.5. The summed E-state index contributed by atoms with van der Waals surface area (Å²) in [5.74, 6) is 0.996. The number of carbonyl (C=O) groups is 1. The molecular weight excluding hydrogens is 316 g/mol. The summed E-state index contributed by atoms with van der Waals surface area (Å²) in [6, 6.07) is 15.1. The minimum absolute atomic E-state index is 0.00324. The van der Waals surface area contributed by atoms with Gasteiger partial charge in [0, 0.05) is 26.2 Å². The van der Waals surface area contributed by atoms with Gasteiger partial charge >= 0.3 is 0 Å². The van der Waals surface area contributed by atoms with Crippen molar-refractivity contribution in [2.24, 2.45) is 0 Å². The highest BCUT2D eigenvalue weighted by Crippen LogP contribution is 2.27. The van der Waals surface area contributed by atoms with Crippen molar-refractivity contribution in [3.05, 3.63) is 54.1 Å². The monoisotopic (exact) mass is 340 g/mol. The fourth-order valence-corrected chi connectivity index (χ4v) is 2.99. The van der Waals surface area contributed by atoms with E-state index in [4.69, 9.17) is 4.74 Å². The normalized spacial score (nSPS) is 14.4. The summed E-state index contributed by atoms with van der Waals surface area (Å²) in [5, 5.41) is 9.94. The molecule has 132 valence electrons. The van der Waals surface area contributed by atoms with Crippen molar-refractivity contribution in [2.75, 3.05) is 37.7 Å². The molecule has 0 radical (unpaired) electrons. The number of ether oxygens (including phenoxy) is 1. The van der Waals surface area contributed by atoms with E-state index < -0.39 is 0 Å². The second kappa shape index (κ2) is 7.92. The van der Waals surface area contributed by atoms with Crippen LogP contribution in [0.1, 0.15) is 12.5 Å². The molecular formula is C20H24N2O3. The highest BCUT2D eigenvalue weighted by atomic mass is 16.5. The Labute approximate surface area is 148 Å². The molecule has 0 bridgehead atoms. The van der Waals surface area contributed by atoms with Crippen molar-refractivity contribution >= 4 is 11.6 Å². The molecule has 0 aromatic heterocycles. The maximum absolute atomic E-state index is 12.3. The van der Waals surface area contributed by atoms with E-state index in [9.17, 15) is 9.90 Å². The minimum Gasteiger partial charge on any atom is -0.506 e. The van der Waals surface area contributed by atoms with E-state index in [0.29, 0.717) is 26.2 Å². The third kappa shape index (κ3) is 4.24. The van der Waals surface area contributed by atoms with Gasteiger partial charge in [0.2, 0.25) is 0 Å². The topological polar surface area (TPSA) is 53.0 Å². The van der Waals surface area contributed by atoms with Gasteiger partial charge in [-0.1, -0.05) is 31.2 Å². The van der Waals surface area contributed by atoms with E-state index in [1.165, 1.54) is 5.56 Å². The summed E-state index contributed by atoms with van der Waals surface area (Å²) < 4.78 is 5.61. The van der Waals surface area contributed by atoms with E-state index >= 15 is 0 Å². The first-order valence-electron chi connectivity index (χ1n) is 8.70. The third-order valence-electron chi connectivity index (χ3n) is 4.55. The second-order valence-electron chi connectivity index (χ2n) is 6.14. The maximum Gasteiger partial charge on any atom is 0.260 e. The number of hydrogen-bond acceptors (Lipinski definition) is 4. The van der Waals surface area contributed by atoms with Crippen molar-refractivity contribution in [3.63, 3.8) is 0 Å². The van der Waals surface area contributed by atoms with E-state index in [2.05, 4.69) is 11.8 Å². The highest BCUT2D eigenvalue weighted by Gasteiger charge is 2.22. The summed E-state index contributed by atoms with van der Waals surface area (Å²) in [5.41, 5.74) is 2.07. The Morgan fingerprint density at radius 3 is 2.36 bits per heavy atom. The Balaban J connectivity index is 1.49. The fourth-order valence-electron chi connectivity index (χ4n) is 2.99. The van der Waals surface area contributed by atoms with Gasteiger partial charge in [0.05, 0.1) is 5.69 Å². The SMILES string of the molecule is CCc1ccc(OCC(=O)N2CCN(c3ccccc3O)CC2)cc1. The summed E-state index contributed by atoms with van der Waals surface area (Å²) in [6.07, 6.45) is 0.987. The molecule has 1 aliphatic rings. The number of nitrogens with zero attached hydrogens (tertiary/aromatic N) is 2. The van der Waals surface area contributed by atoms with Crippen molar-refractivity contribution in [3.8, 4) is 11.5 Å². The lowest BCUT2D eigenvalue weighted by Crippen LogP contribution is -2.50. The summed E-state index contributed by atoms with van der Waals surface area (Å²) in [4.78, 5) is 16.3. The molecule has 2 aromatic carbocycles. The van der Waals surface area contributed by atoms with Crippen LogP contribution in [0.15, 0.2) is 48.5 Å². The van der Waals surface area contributed by atoms with Crippen LogP contribution < -0.4 is 9.64 Å². The molecule has 3 rings (SSSR count). The Morgan fingerprint density at radius 1 is 1.04 bits per heavy atom. The van der Waals surface area contributed by atoms with Gasteiger partial charge in [0.15, 0.2) is 6.61 Å². The molecule has 0 saturated carbocycles. The van der Waals surface area contributed by atoms with Gasteiger partial charge < -0.3 is 19.6 Å². The molecule has 0 aliphatic carbocycles. The van der Waals surface area contributed by atoms with Crippen LogP contribution in [0.2, 0.25) is 0 Å². The maximum atomic E-state index is 12.3. The number of benzene rings is 2. The van der Waals surface area contributed by atoms with E-state index in [0.717, 1.165) is 17.9 Å². The van der Waals surface area contributed by atoms with Crippen LogP contribution >= 0.6 is 0 Å². The van der Waals surface area contributed by atoms with Crippen LogP contribution in [0.5, 0.6) is 11.5 Å². The molecule has 1 fully saturated rings. The Kier molecular flexibility index (Phi) is 5.43. The van der Waals surface area contributed by atoms with Gasteiger partial charge in [-0.15, -0.1) is 0 Å².